The van der Waals surface area contributed by atoms with Crippen molar-refractivity contribution in [2.45, 2.75) is 12.8 Å². The molecule has 0 unspecified atom stereocenters. The van der Waals surface area contributed by atoms with Crippen molar-refractivity contribution in [2.24, 2.45) is 0 Å². The Morgan fingerprint density at radius 1 is 1.18 bits per heavy atom. The molecule has 3 aromatic rings. The van der Waals surface area contributed by atoms with Gasteiger partial charge in [0.25, 0.3) is 0 Å². The lowest BCUT2D eigenvalue weighted by molar-refractivity contribution is -0.124. The Hall–Kier alpha value is -2.78. The molecule has 1 aliphatic heterocycles. The van der Waals surface area contributed by atoms with E-state index in [-0.39, 0.29) is 37.1 Å². The maximum absolute atomic E-state index is 12.4. The van der Waals surface area contributed by atoms with Gasteiger partial charge in [-0.25, -0.2) is 4.98 Å². The van der Waals surface area contributed by atoms with Gasteiger partial charge >= 0.3 is 0 Å². The van der Waals surface area contributed by atoms with Crippen LogP contribution in [0.4, 0.5) is 0 Å². The quantitative estimate of drug-likeness (QED) is 0.296. The first kappa shape index (κ1) is 24.3. The molecule has 1 amide bonds. The second kappa shape index (κ2) is 10.7. The van der Waals surface area contributed by atoms with Gasteiger partial charge in [0, 0.05) is 27.4 Å². The van der Waals surface area contributed by atoms with Crippen molar-refractivity contribution >= 4 is 63.5 Å². The third-order valence-electron chi connectivity index (χ3n) is 4.92. The van der Waals surface area contributed by atoms with Gasteiger partial charge in [-0.15, -0.1) is 11.3 Å². The number of aromatic nitrogens is 1. The van der Waals surface area contributed by atoms with E-state index in [1.54, 1.807) is 30.3 Å². The second-order valence-electron chi connectivity index (χ2n) is 7.36. The van der Waals surface area contributed by atoms with E-state index in [9.17, 15) is 9.90 Å². The number of hydrogen-bond acceptors (Lipinski definition) is 6. The van der Waals surface area contributed by atoms with E-state index >= 15 is 0 Å². The molecule has 0 aliphatic carbocycles. The van der Waals surface area contributed by atoms with Gasteiger partial charge in [-0.05, 0) is 36.8 Å². The number of aliphatic hydroxyl groups excluding tert-OH is 1. The van der Waals surface area contributed by atoms with Gasteiger partial charge < -0.3 is 9.84 Å². The molecule has 11 heteroatoms. The topological polar surface area (TPSA) is 98.5 Å². The summed E-state index contributed by atoms with van der Waals surface area (Å²) in [7, 11) is 0. The van der Waals surface area contributed by atoms with Crippen LogP contribution in [0.1, 0.15) is 17.8 Å². The van der Waals surface area contributed by atoms with Gasteiger partial charge in [-0.3, -0.25) is 20.6 Å². The number of amides is 1. The molecular formula is C23H19Cl3N4O3S. The van der Waals surface area contributed by atoms with Crippen LogP contribution in [0.2, 0.25) is 15.1 Å². The second-order valence-corrected chi connectivity index (χ2v) is 9.50. The van der Waals surface area contributed by atoms with Crippen LogP contribution in [0.15, 0.2) is 53.6 Å². The summed E-state index contributed by atoms with van der Waals surface area (Å²) in [6, 6.07) is 12.2. The van der Waals surface area contributed by atoms with Crippen LogP contribution in [0.5, 0.6) is 5.75 Å². The highest BCUT2D eigenvalue weighted by Gasteiger charge is 2.31. The summed E-state index contributed by atoms with van der Waals surface area (Å²) in [6.45, 7) is 0.278. The minimum Gasteiger partial charge on any atom is -0.509 e. The van der Waals surface area contributed by atoms with Gasteiger partial charge in [0.05, 0.1) is 29.4 Å². The normalized spacial score (nSPS) is 13.5. The van der Waals surface area contributed by atoms with Crippen LogP contribution in [0.25, 0.3) is 16.8 Å². The van der Waals surface area contributed by atoms with Crippen molar-refractivity contribution in [1.82, 2.24) is 15.4 Å². The van der Waals surface area contributed by atoms with Crippen LogP contribution in [0, 0.1) is 5.41 Å². The van der Waals surface area contributed by atoms with Gasteiger partial charge in [0.2, 0.25) is 5.91 Å². The summed E-state index contributed by atoms with van der Waals surface area (Å²) in [5.41, 5.74) is 4.54. The first-order chi connectivity index (χ1) is 16.3. The minimum atomic E-state index is -0.300. The molecule has 0 saturated heterocycles. The Labute approximate surface area is 215 Å². The summed E-state index contributed by atoms with van der Waals surface area (Å²) in [6.07, 6.45) is 0.609. The fraction of sp³-hybridized carbons (Fsp3) is 0.174. The van der Waals surface area contributed by atoms with Gasteiger partial charge in [-0.1, -0.05) is 46.9 Å². The number of aliphatic hydroxyl groups is 1. The summed E-state index contributed by atoms with van der Waals surface area (Å²) < 4.78 is 5.58. The van der Waals surface area contributed by atoms with E-state index < -0.39 is 0 Å². The summed E-state index contributed by atoms with van der Waals surface area (Å²) in [5.74, 6) is 0.147. The Morgan fingerprint density at radius 3 is 2.65 bits per heavy atom. The smallest absolute Gasteiger partial charge is 0.238 e. The Kier molecular flexibility index (Phi) is 7.63. The highest BCUT2D eigenvalue weighted by molar-refractivity contribution is 7.11. The molecule has 0 fully saturated rings. The molecule has 0 spiro atoms. The first-order valence-electron chi connectivity index (χ1n) is 10.2. The first-order valence-corrected chi connectivity index (χ1v) is 12.2. The van der Waals surface area contributed by atoms with Crippen molar-refractivity contribution in [3.8, 4) is 17.0 Å². The Bertz CT molecular complexity index is 1260. The van der Waals surface area contributed by atoms with E-state index in [1.807, 2.05) is 17.5 Å². The minimum absolute atomic E-state index is 0.00729. The monoisotopic (exact) mass is 536 g/mol. The largest absolute Gasteiger partial charge is 0.509 e. The van der Waals surface area contributed by atoms with Gasteiger partial charge in [-0.2, -0.15) is 0 Å². The van der Waals surface area contributed by atoms with Crippen molar-refractivity contribution in [3.63, 3.8) is 0 Å². The zero-order chi connectivity index (χ0) is 24.2. The maximum atomic E-state index is 12.4. The standard InChI is InChI=1S/C23H19Cl3N4O3S/c24-14-5-3-13(4-6-14)17-12-34-23(28-17)21-18(31)11-30(22(21)27)29-20(32)2-1-9-33-19-8-7-15(25)10-16(19)26/h3-8,10,12,27,31H,1-2,9,11H2,(H,29,32). The van der Waals surface area contributed by atoms with Crippen molar-refractivity contribution < 1.29 is 14.6 Å². The average Bonchev–Trinajstić information content (AvgIpc) is 3.37. The molecule has 1 aliphatic rings. The Morgan fingerprint density at radius 2 is 1.91 bits per heavy atom. The maximum Gasteiger partial charge on any atom is 0.238 e. The number of hydrazine groups is 1. The van der Waals surface area contributed by atoms with Crippen molar-refractivity contribution in [2.75, 3.05) is 13.2 Å². The van der Waals surface area contributed by atoms with Crippen LogP contribution in [-0.4, -0.2) is 40.0 Å². The molecule has 0 radical (unpaired) electrons. The molecule has 3 N–H and O–H groups in total. The molecule has 0 bridgehead atoms. The van der Waals surface area contributed by atoms with Gasteiger partial charge in [0.15, 0.2) is 5.84 Å². The highest BCUT2D eigenvalue weighted by atomic mass is 35.5. The van der Waals surface area contributed by atoms with Crippen molar-refractivity contribution in [3.05, 3.63) is 73.7 Å². The van der Waals surface area contributed by atoms with E-state index in [1.165, 1.54) is 16.3 Å². The molecule has 0 saturated carbocycles. The zero-order valence-corrected chi connectivity index (χ0v) is 20.7. The third kappa shape index (κ3) is 5.64. The van der Waals surface area contributed by atoms with Crippen LogP contribution in [-0.2, 0) is 4.79 Å². The van der Waals surface area contributed by atoms with Crippen LogP contribution in [0.3, 0.4) is 0 Å². The molecule has 176 valence electrons. The zero-order valence-electron chi connectivity index (χ0n) is 17.6. The van der Waals surface area contributed by atoms with E-state index in [0.29, 0.717) is 43.5 Å². The lowest BCUT2D eigenvalue weighted by Gasteiger charge is -2.19. The molecular weight excluding hydrogens is 519 g/mol. The lowest BCUT2D eigenvalue weighted by atomic mass is 10.2. The summed E-state index contributed by atoms with van der Waals surface area (Å²) in [5, 5.41) is 24.1. The number of nitrogens with zero attached hydrogens (tertiary/aromatic N) is 2. The number of hydrogen-bond donors (Lipinski definition) is 3. The fourth-order valence-corrected chi connectivity index (χ4v) is 4.74. The van der Waals surface area contributed by atoms with Gasteiger partial charge in [0.1, 0.15) is 16.5 Å². The molecule has 0 atom stereocenters. The summed E-state index contributed by atoms with van der Waals surface area (Å²) >= 11 is 19.2. The van der Waals surface area contributed by atoms with Crippen LogP contribution >= 0.6 is 46.1 Å². The van der Waals surface area contributed by atoms with E-state index in [2.05, 4.69) is 10.4 Å². The molecule has 2 heterocycles. The molecule has 7 nitrogen and oxygen atoms in total. The van der Waals surface area contributed by atoms with E-state index in [4.69, 9.17) is 44.9 Å². The third-order valence-corrected chi connectivity index (χ3v) is 6.56. The number of ether oxygens (including phenoxy) is 1. The number of carbonyl (C=O) groups excluding carboxylic acids is 1. The lowest BCUT2D eigenvalue weighted by Crippen LogP contribution is -2.43. The van der Waals surface area contributed by atoms with Crippen molar-refractivity contribution in [1.29, 1.82) is 5.41 Å². The number of carbonyl (C=O) groups is 1. The number of nitrogens with one attached hydrogen (secondary N) is 2. The number of amidine groups is 1. The highest BCUT2D eigenvalue weighted by Crippen LogP contribution is 2.32. The molecule has 1 aromatic heterocycles. The predicted molar refractivity (Wildman–Crippen MR) is 136 cm³/mol. The number of rotatable bonds is 8. The average molecular weight is 538 g/mol. The predicted octanol–water partition coefficient (Wildman–Crippen LogP) is 6.22. The molecule has 2 aromatic carbocycles. The molecule has 4 rings (SSSR count). The number of halogens is 3. The number of thiazole rings is 1. The van der Waals surface area contributed by atoms with Crippen LogP contribution < -0.4 is 10.2 Å². The Balaban J connectivity index is 1.30. The number of benzene rings is 2. The fourth-order valence-electron chi connectivity index (χ4n) is 3.26. The summed E-state index contributed by atoms with van der Waals surface area (Å²) in [4.78, 5) is 16.9. The molecule has 34 heavy (non-hydrogen) atoms. The van der Waals surface area contributed by atoms with E-state index in [0.717, 1.165) is 5.56 Å². The SMILES string of the molecule is N=C1C(c2nc(-c3ccc(Cl)cc3)cs2)=C(O)CN1NC(=O)CCCOc1ccc(Cl)cc1Cl.